The third kappa shape index (κ3) is 4.63. The van der Waals surface area contributed by atoms with Crippen molar-refractivity contribution in [3.8, 4) is 17.2 Å². The van der Waals surface area contributed by atoms with Crippen LogP contribution in [0, 0.1) is 13.8 Å². The maximum atomic E-state index is 12.3. The van der Waals surface area contributed by atoms with Crippen molar-refractivity contribution in [2.45, 2.75) is 13.8 Å². The molecule has 3 aromatic rings. The van der Waals surface area contributed by atoms with Crippen molar-refractivity contribution < 1.29 is 14.3 Å². The van der Waals surface area contributed by atoms with Gasteiger partial charge in [-0.25, -0.2) is 0 Å². The highest BCUT2D eigenvalue weighted by atomic mass is 16.5. The summed E-state index contributed by atoms with van der Waals surface area (Å²) in [7, 11) is 0. The number of nitrogens with one attached hydrogen (secondary N) is 1. The Bertz CT molecular complexity index is 891. The summed E-state index contributed by atoms with van der Waals surface area (Å²) < 4.78 is 11.5. The van der Waals surface area contributed by atoms with Crippen LogP contribution in [0.15, 0.2) is 72.8 Å². The molecule has 0 heterocycles. The average Bonchev–Trinajstić information content (AvgIpc) is 2.63. The first kappa shape index (κ1) is 17.5. The van der Waals surface area contributed by atoms with Gasteiger partial charge in [-0.1, -0.05) is 48.0 Å². The molecular formula is C22H21NO3. The van der Waals surface area contributed by atoms with Crippen LogP contribution in [-0.2, 0) is 4.79 Å². The topological polar surface area (TPSA) is 47.6 Å². The van der Waals surface area contributed by atoms with E-state index in [4.69, 9.17) is 9.47 Å². The highest BCUT2D eigenvalue weighted by Gasteiger charge is 2.10. The Balaban J connectivity index is 1.64. The van der Waals surface area contributed by atoms with Crippen LogP contribution in [0.5, 0.6) is 17.2 Å². The molecule has 3 aromatic carbocycles. The van der Waals surface area contributed by atoms with Crippen LogP contribution in [0.1, 0.15) is 11.1 Å². The van der Waals surface area contributed by atoms with E-state index < -0.39 is 0 Å². The van der Waals surface area contributed by atoms with Crippen LogP contribution in [-0.4, -0.2) is 12.5 Å². The number of hydrogen-bond donors (Lipinski definition) is 1. The summed E-state index contributed by atoms with van der Waals surface area (Å²) in [5, 5.41) is 2.84. The molecule has 0 aliphatic carbocycles. The van der Waals surface area contributed by atoms with Gasteiger partial charge in [0.15, 0.2) is 12.4 Å². The van der Waals surface area contributed by atoms with Crippen molar-refractivity contribution in [3.63, 3.8) is 0 Å². The minimum atomic E-state index is -0.242. The number of aryl methyl sites for hydroxylation is 2. The lowest BCUT2D eigenvalue weighted by Crippen LogP contribution is -2.20. The molecule has 4 nitrogen and oxygen atoms in total. The summed E-state index contributed by atoms with van der Waals surface area (Å²) in [5.41, 5.74) is 2.77. The Morgan fingerprint density at radius 2 is 1.62 bits per heavy atom. The molecule has 1 amide bonds. The predicted octanol–water partition coefficient (Wildman–Crippen LogP) is 5.11. The van der Waals surface area contributed by atoms with Gasteiger partial charge < -0.3 is 14.8 Å². The maximum absolute atomic E-state index is 12.3. The molecular weight excluding hydrogens is 326 g/mol. The van der Waals surface area contributed by atoms with Crippen LogP contribution >= 0.6 is 0 Å². The molecule has 0 aliphatic heterocycles. The van der Waals surface area contributed by atoms with Gasteiger partial charge in [-0.15, -0.1) is 0 Å². The lowest BCUT2D eigenvalue weighted by Gasteiger charge is -2.13. The summed E-state index contributed by atoms with van der Waals surface area (Å²) >= 11 is 0. The SMILES string of the molecule is Cc1ccc(OCC(=O)Nc2ccccc2Oc2ccccc2)c(C)c1. The first-order valence-corrected chi connectivity index (χ1v) is 8.43. The molecule has 0 bridgehead atoms. The van der Waals surface area contributed by atoms with Gasteiger partial charge in [0, 0.05) is 0 Å². The van der Waals surface area contributed by atoms with E-state index in [1.807, 2.05) is 80.6 Å². The number of rotatable bonds is 6. The molecule has 0 saturated carbocycles. The van der Waals surface area contributed by atoms with E-state index in [1.54, 1.807) is 6.07 Å². The van der Waals surface area contributed by atoms with Crippen molar-refractivity contribution >= 4 is 11.6 Å². The van der Waals surface area contributed by atoms with E-state index >= 15 is 0 Å². The average molecular weight is 347 g/mol. The third-order valence-electron chi connectivity index (χ3n) is 3.82. The Morgan fingerprint density at radius 3 is 2.38 bits per heavy atom. The number of carbonyl (C=O) groups is 1. The van der Waals surface area contributed by atoms with E-state index in [-0.39, 0.29) is 12.5 Å². The zero-order valence-corrected chi connectivity index (χ0v) is 14.9. The van der Waals surface area contributed by atoms with Crippen LogP contribution in [0.4, 0.5) is 5.69 Å². The van der Waals surface area contributed by atoms with Gasteiger partial charge in [-0.05, 0) is 49.7 Å². The van der Waals surface area contributed by atoms with Gasteiger partial charge in [0.2, 0.25) is 0 Å². The highest BCUT2D eigenvalue weighted by Crippen LogP contribution is 2.29. The molecule has 0 radical (unpaired) electrons. The molecule has 3 rings (SSSR count). The molecule has 0 aromatic heterocycles. The number of ether oxygens (including phenoxy) is 2. The standard InChI is InChI=1S/C22H21NO3/c1-16-12-13-20(17(2)14-16)25-15-22(24)23-19-10-6-7-11-21(19)26-18-8-4-3-5-9-18/h3-14H,15H2,1-2H3,(H,23,24). The van der Waals surface area contributed by atoms with Gasteiger partial charge in [0.05, 0.1) is 5.69 Å². The molecule has 0 fully saturated rings. The second-order valence-corrected chi connectivity index (χ2v) is 6.02. The van der Waals surface area contributed by atoms with Gasteiger partial charge in [-0.2, -0.15) is 0 Å². The summed E-state index contributed by atoms with van der Waals surface area (Å²) in [4.78, 5) is 12.3. The molecule has 0 saturated heterocycles. The fraction of sp³-hybridized carbons (Fsp3) is 0.136. The third-order valence-corrected chi connectivity index (χ3v) is 3.82. The molecule has 0 unspecified atom stereocenters. The molecule has 1 N–H and O–H groups in total. The predicted molar refractivity (Wildman–Crippen MR) is 103 cm³/mol. The lowest BCUT2D eigenvalue weighted by atomic mass is 10.1. The van der Waals surface area contributed by atoms with Crippen molar-refractivity contribution in [3.05, 3.63) is 83.9 Å². The van der Waals surface area contributed by atoms with Crippen molar-refractivity contribution in [1.29, 1.82) is 0 Å². The van der Waals surface area contributed by atoms with Gasteiger partial charge >= 0.3 is 0 Å². The minimum Gasteiger partial charge on any atom is -0.483 e. The Hall–Kier alpha value is -3.27. The second kappa shape index (κ2) is 8.21. The van der Waals surface area contributed by atoms with E-state index in [0.29, 0.717) is 22.9 Å². The lowest BCUT2D eigenvalue weighted by molar-refractivity contribution is -0.118. The fourth-order valence-electron chi connectivity index (χ4n) is 2.57. The van der Waals surface area contributed by atoms with Crippen LogP contribution in [0.25, 0.3) is 0 Å². The number of amides is 1. The molecule has 0 atom stereocenters. The number of carbonyl (C=O) groups excluding carboxylic acids is 1. The van der Waals surface area contributed by atoms with Crippen LogP contribution in [0.2, 0.25) is 0 Å². The van der Waals surface area contributed by atoms with Crippen molar-refractivity contribution in [2.24, 2.45) is 0 Å². The maximum Gasteiger partial charge on any atom is 0.262 e. The van der Waals surface area contributed by atoms with E-state index in [2.05, 4.69) is 5.32 Å². The smallest absolute Gasteiger partial charge is 0.262 e. The second-order valence-electron chi connectivity index (χ2n) is 6.02. The number of hydrogen-bond acceptors (Lipinski definition) is 3. The van der Waals surface area contributed by atoms with E-state index in [9.17, 15) is 4.79 Å². The Morgan fingerprint density at radius 1 is 0.885 bits per heavy atom. The highest BCUT2D eigenvalue weighted by molar-refractivity contribution is 5.93. The first-order chi connectivity index (χ1) is 12.6. The zero-order chi connectivity index (χ0) is 18.4. The molecule has 132 valence electrons. The zero-order valence-electron chi connectivity index (χ0n) is 14.9. The van der Waals surface area contributed by atoms with E-state index in [0.717, 1.165) is 11.1 Å². The number of benzene rings is 3. The molecule has 26 heavy (non-hydrogen) atoms. The molecule has 4 heteroatoms. The summed E-state index contributed by atoms with van der Waals surface area (Å²) in [6, 6.07) is 22.6. The summed E-state index contributed by atoms with van der Waals surface area (Å²) in [6.45, 7) is 3.92. The van der Waals surface area contributed by atoms with Crippen LogP contribution in [0.3, 0.4) is 0 Å². The van der Waals surface area contributed by atoms with Crippen molar-refractivity contribution in [1.82, 2.24) is 0 Å². The first-order valence-electron chi connectivity index (χ1n) is 8.43. The monoisotopic (exact) mass is 347 g/mol. The fourth-order valence-corrected chi connectivity index (χ4v) is 2.57. The van der Waals surface area contributed by atoms with Gasteiger partial charge in [-0.3, -0.25) is 4.79 Å². The Labute approximate surface area is 153 Å². The summed E-state index contributed by atoms with van der Waals surface area (Å²) in [6.07, 6.45) is 0. The van der Waals surface area contributed by atoms with Gasteiger partial charge in [0.1, 0.15) is 11.5 Å². The number of para-hydroxylation sites is 3. The molecule has 0 aliphatic rings. The van der Waals surface area contributed by atoms with Gasteiger partial charge in [0.25, 0.3) is 5.91 Å². The quantitative estimate of drug-likeness (QED) is 0.674. The number of anilines is 1. The van der Waals surface area contributed by atoms with Crippen LogP contribution < -0.4 is 14.8 Å². The minimum absolute atomic E-state index is 0.0659. The normalized spacial score (nSPS) is 10.2. The Kier molecular flexibility index (Phi) is 5.54. The van der Waals surface area contributed by atoms with E-state index in [1.165, 1.54) is 0 Å². The molecule has 0 spiro atoms. The van der Waals surface area contributed by atoms with Crippen molar-refractivity contribution in [2.75, 3.05) is 11.9 Å². The largest absolute Gasteiger partial charge is 0.483 e. The summed E-state index contributed by atoms with van der Waals surface area (Å²) in [5.74, 6) is 1.76.